The first-order valence-electron chi connectivity index (χ1n) is 6.63. The number of rotatable bonds is 3. The topological polar surface area (TPSA) is 41.1 Å². The Bertz CT molecular complexity index is 532. The summed E-state index contributed by atoms with van der Waals surface area (Å²) in [6.07, 6.45) is 3.64. The molecule has 2 aromatic rings. The second kappa shape index (κ2) is 5.77. The molecular weight excluding hydrogens is 256 g/mol. The molecule has 0 radical (unpaired) electrons. The summed E-state index contributed by atoms with van der Waals surface area (Å²) in [7, 11) is 0. The van der Waals surface area contributed by atoms with Crippen LogP contribution in [0.4, 0.5) is 0 Å². The van der Waals surface area contributed by atoms with Crippen LogP contribution in [0, 0.1) is 6.92 Å². The molecule has 0 atom stereocenters. The van der Waals surface area contributed by atoms with Crippen molar-refractivity contribution < 1.29 is 0 Å². The molecule has 0 saturated carbocycles. The maximum Gasteiger partial charge on any atom is 0.124 e. The van der Waals surface area contributed by atoms with Crippen LogP contribution in [-0.4, -0.2) is 41.0 Å². The summed E-state index contributed by atoms with van der Waals surface area (Å²) in [5.41, 5.74) is 2.32. The Morgan fingerprint density at radius 1 is 1.26 bits per heavy atom. The molecule has 0 aliphatic carbocycles. The summed E-state index contributed by atoms with van der Waals surface area (Å²) in [6, 6.07) is 4.04. The first-order valence-corrected chi connectivity index (χ1v) is 7.44. The zero-order valence-electron chi connectivity index (χ0n) is 11.1. The van der Waals surface area contributed by atoms with E-state index in [9.17, 15) is 0 Å². The number of piperazine rings is 1. The van der Waals surface area contributed by atoms with E-state index in [1.165, 1.54) is 4.88 Å². The van der Waals surface area contributed by atoms with Gasteiger partial charge in [0.05, 0.1) is 5.69 Å². The average molecular weight is 274 g/mol. The van der Waals surface area contributed by atoms with Gasteiger partial charge in [-0.1, -0.05) is 0 Å². The molecule has 1 saturated heterocycles. The lowest BCUT2D eigenvalue weighted by atomic mass is 10.3. The molecule has 19 heavy (non-hydrogen) atoms. The van der Waals surface area contributed by atoms with Crippen LogP contribution >= 0.6 is 11.3 Å². The minimum Gasteiger partial charge on any atom is -0.314 e. The maximum absolute atomic E-state index is 4.69. The van der Waals surface area contributed by atoms with Crippen molar-refractivity contribution in [2.75, 3.05) is 26.2 Å². The molecule has 1 fully saturated rings. The van der Waals surface area contributed by atoms with Gasteiger partial charge in [-0.15, -0.1) is 11.3 Å². The van der Waals surface area contributed by atoms with Crippen LogP contribution in [-0.2, 0) is 6.54 Å². The molecule has 0 bridgehead atoms. The van der Waals surface area contributed by atoms with E-state index in [0.29, 0.717) is 0 Å². The Morgan fingerprint density at radius 3 is 2.74 bits per heavy atom. The highest BCUT2D eigenvalue weighted by atomic mass is 32.1. The van der Waals surface area contributed by atoms with Crippen LogP contribution in [0.1, 0.15) is 10.6 Å². The third-order valence-corrected chi connectivity index (χ3v) is 4.59. The fourth-order valence-corrected chi connectivity index (χ4v) is 3.38. The van der Waals surface area contributed by atoms with Crippen molar-refractivity contribution in [3.8, 4) is 10.6 Å². The van der Waals surface area contributed by atoms with E-state index < -0.39 is 0 Å². The molecule has 0 amide bonds. The number of hydrogen-bond donors (Lipinski definition) is 1. The van der Waals surface area contributed by atoms with Gasteiger partial charge in [-0.25, -0.2) is 4.98 Å². The van der Waals surface area contributed by atoms with Gasteiger partial charge in [0.15, 0.2) is 0 Å². The van der Waals surface area contributed by atoms with Gasteiger partial charge in [-0.2, -0.15) is 0 Å². The summed E-state index contributed by atoms with van der Waals surface area (Å²) in [4.78, 5) is 12.6. The van der Waals surface area contributed by atoms with Crippen molar-refractivity contribution in [3.63, 3.8) is 0 Å². The van der Waals surface area contributed by atoms with Crippen LogP contribution in [0.15, 0.2) is 24.5 Å². The fraction of sp³-hybridized carbons (Fsp3) is 0.429. The van der Waals surface area contributed by atoms with Gasteiger partial charge in [0, 0.05) is 55.6 Å². The van der Waals surface area contributed by atoms with Crippen LogP contribution in [0.2, 0.25) is 0 Å². The average Bonchev–Trinajstić information content (AvgIpc) is 2.82. The maximum atomic E-state index is 4.69. The molecule has 2 aromatic heterocycles. The number of hydrogen-bond acceptors (Lipinski definition) is 5. The lowest BCUT2D eigenvalue weighted by Gasteiger charge is -2.26. The van der Waals surface area contributed by atoms with Gasteiger partial charge in [0.25, 0.3) is 0 Å². The zero-order valence-corrected chi connectivity index (χ0v) is 11.9. The molecule has 100 valence electrons. The highest BCUT2D eigenvalue weighted by Gasteiger charge is 2.15. The van der Waals surface area contributed by atoms with Crippen LogP contribution in [0.25, 0.3) is 10.6 Å². The third-order valence-electron chi connectivity index (χ3n) is 3.40. The van der Waals surface area contributed by atoms with E-state index in [-0.39, 0.29) is 0 Å². The summed E-state index contributed by atoms with van der Waals surface area (Å²) in [6.45, 7) is 7.57. The Balaban J connectivity index is 1.77. The van der Waals surface area contributed by atoms with Crippen molar-refractivity contribution in [1.82, 2.24) is 20.2 Å². The number of nitrogens with zero attached hydrogens (tertiary/aromatic N) is 3. The van der Waals surface area contributed by atoms with Crippen molar-refractivity contribution in [2.45, 2.75) is 13.5 Å². The monoisotopic (exact) mass is 274 g/mol. The van der Waals surface area contributed by atoms with Gasteiger partial charge in [0.2, 0.25) is 0 Å². The van der Waals surface area contributed by atoms with E-state index in [2.05, 4.69) is 22.1 Å². The van der Waals surface area contributed by atoms with Crippen molar-refractivity contribution in [1.29, 1.82) is 0 Å². The molecule has 0 unspecified atom stereocenters. The van der Waals surface area contributed by atoms with Gasteiger partial charge in [-0.05, 0) is 19.1 Å². The normalized spacial score (nSPS) is 16.7. The van der Waals surface area contributed by atoms with E-state index in [1.54, 1.807) is 11.3 Å². The summed E-state index contributed by atoms with van der Waals surface area (Å²) >= 11 is 1.81. The number of aromatic nitrogens is 2. The van der Waals surface area contributed by atoms with Crippen LogP contribution < -0.4 is 5.32 Å². The second-order valence-corrected chi connectivity index (χ2v) is 5.87. The Hall–Kier alpha value is -1.30. The minimum absolute atomic E-state index is 1.02. The van der Waals surface area contributed by atoms with E-state index >= 15 is 0 Å². The molecule has 3 heterocycles. The smallest absolute Gasteiger partial charge is 0.124 e. The summed E-state index contributed by atoms with van der Waals surface area (Å²) < 4.78 is 0. The van der Waals surface area contributed by atoms with E-state index in [1.807, 2.05) is 24.5 Å². The summed E-state index contributed by atoms with van der Waals surface area (Å²) in [5.74, 6) is 0. The number of pyridine rings is 1. The second-order valence-electron chi connectivity index (χ2n) is 4.79. The first kappa shape index (κ1) is 12.7. The van der Waals surface area contributed by atoms with Crippen molar-refractivity contribution in [3.05, 3.63) is 35.1 Å². The molecule has 1 N–H and O–H groups in total. The number of thiazole rings is 1. The molecule has 4 nitrogen and oxygen atoms in total. The van der Waals surface area contributed by atoms with E-state index in [0.717, 1.165) is 49.0 Å². The number of nitrogens with one attached hydrogen (secondary N) is 1. The fourth-order valence-electron chi connectivity index (χ4n) is 2.27. The molecule has 3 rings (SSSR count). The van der Waals surface area contributed by atoms with Crippen molar-refractivity contribution in [2.24, 2.45) is 0 Å². The van der Waals surface area contributed by atoms with Crippen molar-refractivity contribution >= 4 is 11.3 Å². The van der Waals surface area contributed by atoms with Crippen LogP contribution in [0.5, 0.6) is 0 Å². The molecule has 0 aromatic carbocycles. The SMILES string of the molecule is Cc1nc(-c2ccncc2)sc1CN1CCNCC1. The minimum atomic E-state index is 1.02. The first-order chi connectivity index (χ1) is 9.33. The molecule has 1 aliphatic heterocycles. The lowest BCUT2D eigenvalue weighted by Crippen LogP contribution is -2.42. The third kappa shape index (κ3) is 3.00. The Kier molecular flexibility index (Phi) is 3.87. The molecule has 5 heteroatoms. The van der Waals surface area contributed by atoms with E-state index in [4.69, 9.17) is 4.98 Å². The standard InChI is InChI=1S/C14H18N4S/c1-11-13(10-18-8-6-16-7-9-18)19-14(17-11)12-2-4-15-5-3-12/h2-5,16H,6-10H2,1H3. The Morgan fingerprint density at radius 2 is 2.00 bits per heavy atom. The van der Waals surface area contributed by atoms with Gasteiger partial charge in [0.1, 0.15) is 5.01 Å². The Labute approximate surface area is 117 Å². The van der Waals surface area contributed by atoms with Gasteiger partial charge < -0.3 is 5.32 Å². The zero-order chi connectivity index (χ0) is 13.1. The highest BCUT2D eigenvalue weighted by molar-refractivity contribution is 7.15. The predicted octanol–water partition coefficient (Wildman–Crippen LogP) is 1.92. The number of aryl methyl sites for hydroxylation is 1. The van der Waals surface area contributed by atoms with Gasteiger partial charge in [-0.3, -0.25) is 9.88 Å². The molecule has 0 spiro atoms. The largest absolute Gasteiger partial charge is 0.314 e. The quantitative estimate of drug-likeness (QED) is 0.928. The van der Waals surface area contributed by atoms with Gasteiger partial charge >= 0.3 is 0 Å². The summed E-state index contributed by atoms with van der Waals surface area (Å²) in [5, 5.41) is 4.49. The lowest BCUT2D eigenvalue weighted by molar-refractivity contribution is 0.234. The van der Waals surface area contributed by atoms with Crippen LogP contribution in [0.3, 0.4) is 0 Å². The molecular formula is C14H18N4S. The predicted molar refractivity (Wildman–Crippen MR) is 78.2 cm³/mol. The molecule has 1 aliphatic rings. The highest BCUT2D eigenvalue weighted by Crippen LogP contribution is 2.28.